The zero-order chi connectivity index (χ0) is 27.8. The molecule has 0 atom stereocenters. The van der Waals surface area contributed by atoms with Crippen molar-refractivity contribution in [3.05, 3.63) is 107 Å². The molecule has 200 valence electrons. The van der Waals surface area contributed by atoms with Crippen LogP contribution in [0.25, 0.3) is 11.1 Å². The van der Waals surface area contributed by atoms with Crippen molar-refractivity contribution in [2.75, 3.05) is 32.1 Å². The summed E-state index contributed by atoms with van der Waals surface area (Å²) in [5, 5.41) is 12.1. The van der Waals surface area contributed by atoms with Crippen LogP contribution in [-0.2, 0) is 11.2 Å². The van der Waals surface area contributed by atoms with Gasteiger partial charge in [-0.2, -0.15) is 0 Å². The van der Waals surface area contributed by atoms with Gasteiger partial charge in [0.05, 0.1) is 18.5 Å². The topological polar surface area (TPSA) is 87.1 Å². The third-order valence-electron chi connectivity index (χ3n) is 6.43. The van der Waals surface area contributed by atoms with E-state index >= 15 is 0 Å². The van der Waals surface area contributed by atoms with E-state index in [0.29, 0.717) is 35.2 Å². The van der Waals surface area contributed by atoms with Gasteiger partial charge in [0.15, 0.2) is 0 Å². The van der Waals surface area contributed by atoms with E-state index in [2.05, 4.69) is 0 Å². The maximum atomic E-state index is 13.9. The second-order valence-electron chi connectivity index (χ2n) is 8.94. The highest BCUT2D eigenvalue weighted by molar-refractivity contribution is 7.14. The standard InChI is InChI=1S/C31H30N2O5S/c1-32(28-15-8-20-39-28)30(36)26-13-5-3-11-24(26)25-12-4-6-14-27(25)31(37)33(19-17-29(34)35)18-16-22-9-7-10-23(21-22)38-2/h3-15,20-21H,16-19H2,1-2H3,(H,34,35). The number of hydrogen-bond acceptors (Lipinski definition) is 5. The number of benzene rings is 3. The second kappa shape index (κ2) is 12.9. The minimum Gasteiger partial charge on any atom is -0.497 e. The van der Waals surface area contributed by atoms with Crippen LogP contribution < -0.4 is 9.64 Å². The lowest BCUT2D eigenvalue weighted by molar-refractivity contribution is -0.137. The Balaban J connectivity index is 1.66. The van der Waals surface area contributed by atoms with Crippen LogP contribution in [0.2, 0.25) is 0 Å². The minimum absolute atomic E-state index is 0.0637. The molecule has 7 nitrogen and oxygen atoms in total. The van der Waals surface area contributed by atoms with Crippen molar-refractivity contribution in [1.82, 2.24) is 4.90 Å². The van der Waals surface area contributed by atoms with Crippen LogP contribution in [0.15, 0.2) is 90.3 Å². The molecule has 1 heterocycles. The van der Waals surface area contributed by atoms with Crippen molar-refractivity contribution in [3.63, 3.8) is 0 Å². The molecule has 4 aromatic rings. The molecule has 0 fully saturated rings. The molecule has 8 heteroatoms. The average Bonchev–Trinajstić information content (AvgIpc) is 3.51. The van der Waals surface area contributed by atoms with Gasteiger partial charge < -0.3 is 19.6 Å². The fraction of sp³-hybridized carbons (Fsp3) is 0.194. The number of carbonyl (C=O) groups excluding carboxylic acids is 2. The molecule has 0 saturated heterocycles. The smallest absolute Gasteiger partial charge is 0.305 e. The van der Waals surface area contributed by atoms with Crippen molar-refractivity contribution in [3.8, 4) is 16.9 Å². The Kier molecular flexibility index (Phi) is 9.12. The Morgan fingerprint density at radius 2 is 1.49 bits per heavy atom. The molecule has 3 aromatic carbocycles. The number of thiophene rings is 1. The second-order valence-corrected chi connectivity index (χ2v) is 9.87. The quantitative estimate of drug-likeness (QED) is 0.257. The van der Waals surface area contributed by atoms with Crippen molar-refractivity contribution in [2.45, 2.75) is 12.8 Å². The van der Waals surface area contributed by atoms with Crippen molar-refractivity contribution in [2.24, 2.45) is 0 Å². The largest absolute Gasteiger partial charge is 0.497 e. The zero-order valence-electron chi connectivity index (χ0n) is 21.9. The lowest BCUT2D eigenvalue weighted by atomic mass is 9.94. The molecule has 0 aliphatic rings. The van der Waals surface area contributed by atoms with E-state index in [0.717, 1.165) is 16.3 Å². The van der Waals surface area contributed by atoms with Gasteiger partial charge in [-0.3, -0.25) is 14.4 Å². The van der Waals surface area contributed by atoms with Crippen LogP contribution in [0.4, 0.5) is 5.00 Å². The Labute approximate surface area is 231 Å². The number of hydrogen-bond donors (Lipinski definition) is 1. The average molecular weight is 543 g/mol. The first-order valence-corrected chi connectivity index (χ1v) is 13.4. The number of methoxy groups -OCH3 is 1. The molecule has 0 radical (unpaired) electrons. The van der Waals surface area contributed by atoms with Crippen LogP contribution in [-0.4, -0.2) is 55.0 Å². The molecular weight excluding hydrogens is 512 g/mol. The SMILES string of the molecule is COc1cccc(CCN(CCC(=O)O)C(=O)c2ccccc2-c2ccccc2C(=O)N(C)c2cccs2)c1. The maximum Gasteiger partial charge on any atom is 0.305 e. The van der Waals surface area contributed by atoms with E-state index in [1.165, 1.54) is 11.3 Å². The minimum atomic E-state index is -0.977. The summed E-state index contributed by atoms with van der Waals surface area (Å²) in [4.78, 5) is 42.0. The highest BCUT2D eigenvalue weighted by atomic mass is 32.1. The summed E-state index contributed by atoms with van der Waals surface area (Å²) in [6.45, 7) is 0.392. The summed E-state index contributed by atoms with van der Waals surface area (Å²) >= 11 is 1.47. The predicted octanol–water partition coefficient (Wildman–Crippen LogP) is 5.86. The summed E-state index contributed by atoms with van der Waals surface area (Å²) in [6.07, 6.45) is 0.359. The van der Waals surface area contributed by atoms with Gasteiger partial charge in [-0.25, -0.2) is 0 Å². The molecule has 0 unspecified atom stereocenters. The van der Waals surface area contributed by atoms with Gasteiger partial charge in [-0.15, -0.1) is 11.3 Å². The first kappa shape index (κ1) is 27.6. The number of aliphatic carboxylic acids is 1. The molecule has 0 aliphatic heterocycles. The number of carboxylic acid groups (broad SMARTS) is 1. The molecule has 4 rings (SSSR count). The van der Waals surface area contributed by atoms with E-state index < -0.39 is 5.97 Å². The Morgan fingerprint density at radius 1 is 0.821 bits per heavy atom. The van der Waals surface area contributed by atoms with E-state index in [1.807, 2.05) is 66.0 Å². The lowest BCUT2D eigenvalue weighted by Crippen LogP contribution is -2.35. The number of carbonyl (C=O) groups is 3. The first-order valence-electron chi connectivity index (χ1n) is 12.5. The predicted molar refractivity (Wildman–Crippen MR) is 154 cm³/mol. The van der Waals surface area contributed by atoms with E-state index in [9.17, 15) is 19.5 Å². The molecule has 39 heavy (non-hydrogen) atoms. The Morgan fingerprint density at radius 3 is 2.10 bits per heavy atom. The highest BCUT2D eigenvalue weighted by Crippen LogP contribution is 2.31. The van der Waals surface area contributed by atoms with Crippen molar-refractivity contribution >= 4 is 34.1 Å². The normalized spacial score (nSPS) is 10.6. The fourth-order valence-electron chi connectivity index (χ4n) is 4.36. The number of amides is 2. The third kappa shape index (κ3) is 6.72. The van der Waals surface area contributed by atoms with Gasteiger partial charge >= 0.3 is 5.97 Å². The van der Waals surface area contributed by atoms with Gasteiger partial charge in [-0.05, 0) is 64.9 Å². The Hall–Kier alpha value is -4.43. The van der Waals surface area contributed by atoms with Gasteiger partial charge in [-0.1, -0.05) is 48.5 Å². The van der Waals surface area contributed by atoms with Crippen molar-refractivity contribution in [1.29, 1.82) is 0 Å². The summed E-state index contributed by atoms with van der Waals surface area (Å²) in [5.41, 5.74) is 3.12. The maximum absolute atomic E-state index is 13.9. The summed E-state index contributed by atoms with van der Waals surface area (Å²) in [7, 11) is 3.33. The number of rotatable bonds is 11. The number of ether oxygens (including phenoxy) is 1. The zero-order valence-corrected chi connectivity index (χ0v) is 22.7. The third-order valence-corrected chi connectivity index (χ3v) is 7.38. The number of nitrogens with zero attached hydrogens (tertiary/aromatic N) is 2. The molecule has 1 aromatic heterocycles. The molecular formula is C31H30N2O5S. The number of anilines is 1. The molecule has 0 spiro atoms. The molecule has 2 amide bonds. The molecule has 0 aliphatic carbocycles. The van der Waals surface area contributed by atoms with Gasteiger partial charge in [0.25, 0.3) is 11.8 Å². The monoisotopic (exact) mass is 542 g/mol. The van der Waals surface area contributed by atoms with Crippen LogP contribution in [0, 0.1) is 0 Å². The van der Waals surface area contributed by atoms with E-state index in [-0.39, 0.29) is 24.8 Å². The number of carboxylic acids is 1. The molecule has 0 bridgehead atoms. The van der Waals surface area contributed by atoms with E-state index in [1.54, 1.807) is 48.2 Å². The highest BCUT2D eigenvalue weighted by Gasteiger charge is 2.24. The van der Waals surface area contributed by atoms with E-state index in [4.69, 9.17) is 4.74 Å². The van der Waals surface area contributed by atoms with Crippen LogP contribution in [0.3, 0.4) is 0 Å². The van der Waals surface area contributed by atoms with Crippen LogP contribution in [0.5, 0.6) is 5.75 Å². The van der Waals surface area contributed by atoms with Crippen LogP contribution in [0.1, 0.15) is 32.7 Å². The molecule has 1 N–H and O–H groups in total. The van der Waals surface area contributed by atoms with Crippen molar-refractivity contribution < 1.29 is 24.2 Å². The Bertz CT molecular complexity index is 1450. The fourth-order valence-corrected chi connectivity index (χ4v) is 5.05. The summed E-state index contributed by atoms with van der Waals surface area (Å²) in [5.74, 6) is -0.732. The van der Waals surface area contributed by atoms with Gasteiger partial charge in [0.1, 0.15) is 5.75 Å². The van der Waals surface area contributed by atoms with Crippen LogP contribution >= 0.6 is 11.3 Å². The lowest BCUT2D eigenvalue weighted by Gasteiger charge is -2.24. The molecule has 0 saturated carbocycles. The summed E-state index contributed by atoms with van der Waals surface area (Å²) in [6, 6.07) is 25.7. The van der Waals surface area contributed by atoms with Gasteiger partial charge in [0, 0.05) is 31.3 Å². The first-order chi connectivity index (χ1) is 18.9. The van der Waals surface area contributed by atoms with Gasteiger partial charge in [0.2, 0.25) is 0 Å². The summed E-state index contributed by atoms with van der Waals surface area (Å²) < 4.78 is 5.30.